The standard InChI is InChI=1S/C18H19ClN2O2/c1-2-7-16(13-8-4-3-5-9-13)18(23)21-20-17(22)14-10-6-11-15(19)12-14/h3-6,8-12,16H,2,7H2,1H3,(H,20,22)(H,21,23)/t16-/m0/s1. The molecule has 0 heterocycles. The van der Waals surface area contributed by atoms with Gasteiger partial charge in [0.25, 0.3) is 5.91 Å². The Hall–Kier alpha value is -2.33. The molecule has 0 aromatic heterocycles. The summed E-state index contributed by atoms with van der Waals surface area (Å²) in [5.41, 5.74) is 6.27. The molecule has 0 unspecified atom stereocenters. The van der Waals surface area contributed by atoms with Gasteiger partial charge < -0.3 is 0 Å². The molecule has 0 radical (unpaired) electrons. The van der Waals surface area contributed by atoms with E-state index in [2.05, 4.69) is 10.9 Å². The maximum Gasteiger partial charge on any atom is 0.269 e. The highest BCUT2D eigenvalue weighted by Gasteiger charge is 2.20. The summed E-state index contributed by atoms with van der Waals surface area (Å²) < 4.78 is 0. The van der Waals surface area contributed by atoms with Crippen LogP contribution in [0.15, 0.2) is 54.6 Å². The van der Waals surface area contributed by atoms with Crippen molar-refractivity contribution >= 4 is 23.4 Å². The lowest BCUT2D eigenvalue weighted by Gasteiger charge is -2.17. The molecule has 2 aromatic carbocycles. The largest absolute Gasteiger partial charge is 0.273 e. The average Bonchev–Trinajstić information content (AvgIpc) is 2.58. The Labute approximate surface area is 140 Å². The zero-order valence-electron chi connectivity index (χ0n) is 12.9. The minimum Gasteiger partial charge on any atom is -0.273 e. The van der Waals surface area contributed by atoms with Crippen LogP contribution >= 0.6 is 11.6 Å². The van der Waals surface area contributed by atoms with E-state index in [4.69, 9.17) is 11.6 Å². The van der Waals surface area contributed by atoms with Crippen molar-refractivity contribution in [3.05, 3.63) is 70.7 Å². The first-order valence-electron chi connectivity index (χ1n) is 7.52. The highest BCUT2D eigenvalue weighted by Crippen LogP contribution is 2.21. The number of nitrogens with one attached hydrogen (secondary N) is 2. The van der Waals surface area contributed by atoms with Gasteiger partial charge in [-0.05, 0) is 30.2 Å². The zero-order chi connectivity index (χ0) is 16.7. The minimum atomic E-state index is -0.399. The Morgan fingerprint density at radius 3 is 2.43 bits per heavy atom. The summed E-state index contributed by atoms with van der Waals surface area (Å²) in [5.74, 6) is -0.918. The molecule has 2 amide bonds. The number of carbonyl (C=O) groups excluding carboxylic acids is 2. The number of hydrogen-bond donors (Lipinski definition) is 2. The van der Waals surface area contributed by atoms with Crippen molar-refractivity contribution in [1.82, 2.24) is 10.9 Å². The molecule has 0 spiro atoms. The second-order valence-corrected chi connectivity index (χ2v) is 5.64. The highest BCUT2D eigenvalue weighted by atomic mass is 35.5. The summed E-state index contributed by atoms with van der Waals surface area (Å²) in [6.45, 7) is 2.02. The summed E-state index contributed by atoms with van der Waals surface area (Å²) in [7, 11) is 0. The Morgan fingerprint density at radius 2 is 1.78 bits per heavy atom. The van der Waals surface area contributed by atoms with Crippen LogP contribution in [0.4, 0.5) is 0 Å². The van der Waals surface area contributed by atoms with Gasteiger partial charge in [0, 0.05) is 10.6 Å². The van der Waals surface area contributed by atoms with Crippen LogP contribution in [-0.2, 0) is 4.79 Å². The second kappa shape index (κ2) is 8.34. The monoisotopic (exact) mass is 330 g/mol. The molecule has 120 valence electrons. The van der Waals surface area contributed by atoms with Crippen LogP contribution in [0.5, 0.6) is 0 Å². The number of hydrogen-bond acceptors (Lipinski definition) is 2. The van der Waals surface area contributed by atoms with E-state index in [0.29, 0.717) is 17.0 Å². The predicted molar refractivity (Wildman–Crippen MR) is 91.2 cm³/mol. The van der Waals surface area contributed by atoms with Gasteiger partial charge >= 0.3 is 0 Å². The number of benzene rings is 2. The molecule has 2 rings (SSSR count). The van der Waals surface area contributed by atoms with Gasteiger partial charge in [0.1, 0.15) is 0 Å². The molecular weight excluding hydrogens is 312 g/mol. The SMILES string of the molecule is CCC[C@H](C(=O)NNC(=O)c1cccc(Cl)c1)c1ccccc1. The molecular formula is C18H19ClN2O2. The quantitative estimate of drug-likeness (QED) is 0.821. The molecule has 23 heavy (non-hydrogen) atoms. The third-order valence-corrected chi connectivity index (χ3v) is 3.72. The van der Waals surface area contributed by atoms with Gasteiger partial charge in [0.15, 0.2) is 0 Å². The lowest BCUT2D eigenvalue weighted by molar-refractivity contribution is -0.123. The second-order valence-electron chi connectivity index (χ2n) is 5.21. The van der Waals surface area contributed by atoms with Crippen LogP contribution in [0.3, 0.4) is 0 Å². The summed E-state index contributed by atoms with van der Waals surface area (Å²) >= 11 is 5.86. The van der Waals surface area contributed by atoms with Crippen molar-refractivity contribution in [3.63, 3.8) is 0 Å². The van der Waals surface area contributed by atoms with Crippen LogP contribution in [-0.4, -0.2) is 11.8 Å². The molecule has 0 aliphatic carbocycles. The van der Waals surface area contributed by atoms with Gasteiger partial charge in [-0.15, -0.1) is 0 Å². The van der Waals surface area contributed by atoms with Crippen molar-refractivity contribution in [2.24, 2.45) is 0 Å². The number of amides is 2. The highest BCUT2D eigenvalue weighted by molar-refractivity contribution is 6.30. The molecule has 0 aliphatic rings. The minimum absolute atomic E-state index is 0.228. The molecule has 2 N–H and O–H groups in total. The summed E-state index contributed by atoms with van der Waals surface area (Å²) in [5, 5.41) is 0.470. The lowest BCUT2D eigenvalue weighted by atomic mass is 9.94. The fraction of sp³-hybridized carbons (Fsp3) is 0.222. The molecule has 0 fully saturated rings. The van der Waals surface area contributed by atoms with E-state index in [0.717, 1.165) is 12.0 Å². The Kier molecular flexibility index (Phi) is 6.18. The van der Waals surface area contributed by atoms with E-state index in [-0.39, 0.29) is 11.8 Å². The molecule has 1 atom stereocenters. The average molecular weight is 331 g/mol. The maximum absolute atomic E-state index is 12.4. The van der Waals surface area contributed by atoms with Crippen molar-refractivity contribution in [2.45, 2.75) is 25.7 Å². The molecule has 0 saturated heterocycles. The van der Waals surface area contributed by atoms with E-state index in [9.17, 15) is 9.59 Å². The first-order valence-corrected chi connectivity index (χ1v) is 7.90. The molecule has 0 aliphatic heterocycles. The Morgan fingerprint density at radius 1 is 1.04 bits per heavy atom. The summed E-state index contributed by atoms with van der Waals surface area (Å²) in [4.78, 5) is 24.4. The van der Waals surface area contributed by atoms with Crippen molar-refractivity contribution in [2.75, 3.05) is 0 Å². The van der Waals surface area contributed by atoms with Gasteiger partial charge in [-0.1, -0.05) is 61.3 Å². The van der Waals surface area contributed by atoms with Crippen LogP contribution in [0.25, 0.3) is 0 Å². The number of halogens is 1. The molecule has 2 aromatic rings. The number of rotatable bonds is 5. The normalized spacial score (nSPS) is 11.6. The third-order valence-electron chi connectivity index (χ3n) is 3.48. The van der Waals surface area contributed by atoms with Gasteiger partial charge in [0.05, 0.1) is 5.92 Å². The van der Waals surface area contributed by atoms with Crippen molar-refractivity contribution in [3.8, 4) is 0 Å². The topological polar surface area (TPSA) is 58.2 Å². The maximum atomic E-state index is 12.4. The fourth-order valence-corrected chi connectivity index (χ4v) is 2.52. The van der Waals surface area contributed by atoms with E-state index in [1.165, 1.54) is 0 Å². The molecule has 0 saturated carbocycles. The third kappa shape index (κ3) is 4.83. The van der Waals surface area contributed by atoms with Gasteiger partial charge in [-0.2, -0.15) is 0 Å². The van der Waals surface area contributed by atoms with Crippen LogP contribution in [0.2, 0.25) is 5.02 Å². The Bertz CT molecular complexity index is 674. The molecule has 4 nitrogen and oxygen atoms in total. The lowest BCUT2D eigenvalue weighted by Crippen LogP contribution is -2.44. The molecule has 5 heteroatoms. The number of hydrazine groups is 1. The first-order chi connectivity index (χ1) is 11.1. The smallest absolute Gasteiger partial charge is 0.269 e. The van der Waals surface area contributed by atoms with E-state index < -0.39 is 5.91 Å². The van der Waals surface area contributed by atoms with Crippen molar-refractivity contribution in [1.29, 1.82) is 0 Å². The predicted octanol–water partition coefficient (Wildman–Crippen LogP) is 3.68. The Balaban J connectivity index is 2.00. The fourth-order valence-electron chi connectivity index (χ4n) is 2.33. The first kappa shape index (κ1) is 17.0. The van der Waals surface area contributed by atoms with Gasteiger partial charge in [-0.3, -0.25) is 20.4 Å². The van der Waals surface area contributed by atoms with E-state index in [1.54, 1.807) is 24.3 Å². The van der Waals surface area contributed by atoms with Gasteiger partial charge in [-0.25, -0.2) is 0 Å². The van der Waals surface area contributed by atoms with Crippen LogP contribution in [0, 0.1) is 0 Å². The zero-order valence-corrected chi connectivity index (χ0v) is 13.6. The number of carbonyl (C=O) groups is 2. The van der Waals surface area contributed by atoms with E-state index in [1.807, 2.05) is 37.3 Å². The van der Waals surface area contributed by atoms with Gasteiger partial charge in [0.2, 0.25) is 5.91 Å². The summed E-state index contributed by atoms with van der Waals surface area (Å²) in [6.07, 6.45) is 1.58. The summed E-state index contributed by atoms with van der Waals surface area (Å²) in [6, 6.07) is 16.1. The van der Waals surface area contributed by atoms with Crippen LogP contribution in [0.1, 0.15) is 41.6 Å². The molecule has 0 bridgehead atoms. The van der Waals surface area contributed by atoms with E-state index >= 15 is 0 Å². The van der Waals surface area contributed by atoms with Crippen molar-refractivity contribution < 1.29 is 9.59 Å². The van der Waals surface area contributed by atoms with Crippen LogP contribution < -0.4 is 10.9 Å².